The molecular weight excluding hydrogens is 379 g/mol. The minimum Gasteiger partial charge on any atom is -0.444 e. The molecule has 0 spiro atoms. The number of rotatable bonds is 5. The van der Waals surface area contributed by atoms with Crippen LogP contribution >= 0.6 is 0 Å². The Kier molecular flexibility index (Phi) is 6.20. The molecule has 7 nitrogen and oxygen atoms in total. The predicted molar refractivity (Wildman–Crippen MR) is 93.5 cm³/mol. The molecular formula is C18H22F3N3O4. The lowest BCUT2D eigenvalue weighted by atomic mass is 10.1. The molecule has 0 aliphatic heterocycles. The van der Waals surface area contributed by atoms with Crippen molar-refractivity contribution in [1.82, 2.24) is 16.0 Å². The molecule has 2 atom stereocenters. The van der Waals surface area contributed by atoms with E-state index in [1.165, 1.54) is 6.07 Å². The van der Waals surface area contributed by atoms with Gasteiger partial charge in [0.15, 0.2) is 0 Å². The van der Waals surface area contributed by atoms with Crippen molar-refractivity contribution >= 4 is 17.9 Å². The number of nitrogens with one attached hydrogen (secondary N) is 3. The summed E-state index contributed by atoms with van der Waals surface area (Å²) in [6, 6.07) is 3.37. The highest BCUT2D eigenvalue weighted by molar-refractivity contribution is 5.96. The third-order valence-electron chi connectivity index (χ3n) is 3.70. The van der Waals surface area contributed by atoms with Gasteiger partial charge in [-0.2, -0.15) is 13.2 Å². The van der Waals surface area contributed by atoms with Crippen LogP contribution in [0.5, 0.6) is 0 Å². The summed E-state index contributed by atoms with van der Waals surface area (Å²) in [5.74, 6) is -1.31. The number of benzene rings is 1. The van der Waals surface area contributed by atoms with Gasteiger partial charge in [0.1, 0.15) is 5.60 Å². The number of alkyl halides is 3. The van der Waals surface area contributed by atoms with Gasteiger partial charge in [-0.1, -0.05) is 6.07 Å². The number of hydrogen-bond donors (Lipinski definition) is 3. The van der Waals surface area contributed by atoms with Gasteiger partial charge in [-0.05, 0) is 45.4 Å². The highest BCUT2D eigenvalue weighted by Crippen LogP contribution is 2.29. The number of carbonyl (C=O) groups is 3. The minimum atomic E-state index is -4.56. The Morgan fingerprint density at radius 3 is 2.36 bits per heavy atom. The molecule has 0 unspecified atom stereocenters. The summed E-state index contributed by atoms with van der Waals surface area (Å²) in [6.07, 6.45) is -4.63. The monoisotopic (exact) mass is 401 g/mol. The first kappa shape index (κ1) is 21.5. The van der Waals surface area contributed by atoms with Gasteiger partial charge in [-0.3, -0.25) is 9.59 Å². The van der Waals surface area contributed by atoms with Gasteiger partial charge in [0.05, 0.1) is 24.2 Å². The van der Waals surface area contributed by atoms with Crippen LogP contribution in [0.4, 0.5) is 18.0 Å². The molecule has 1 aliphatic rings. The van der Waals surface area contributed by atoms with E-state index in [4.69, 9.17) is 4.74 Å². The Morgan fingerprint density at radius 2 is 1.75 bits per heavy atom. The van der Waals surface area contributed by atoms with Gasteiger partial charge in [0.25, 0.3) is 5.91 Å². The smallest absolute Gasteiger partial charge is 0.416 e. The molecule has 1 fully saturated rings. The largest absolute Gasteiger partial charge is 0.444 e. The van der Waals surface area contributed by atoms with Crippen LogP contribution in [0.15, 0.2) is 24.3 Å². The van der Waals surface area contributed by atoms with Gasteiger partial charge < -0.3 is 20.7 Å². The number of amides is 3. The molecule has 154 valence electrons. The molecule has 28 heavy (non-hydrogen) atoms. The van der Waals surface area contributed by atoms with Gasteiger partial charge in [0.2, 0.25) is 5.91 Å². The molecule has 0 saturated heterocycles. The summed E-state index contributed by atoms with van der Waals surface area (Å²) in [4.78, 5) is 35.4. The Labute approximate surface area is 160 Å². The van der Waals surface area contributed by atoms with Crippen molar-refractivity contribution in [2.45, 2.75) is 51.1 Å². The van der Waals surface area contributed by atoms with Gasteiger partial charge in [0, 0.05) is 5.56 Å². The summed E-state index contributed by atoms with van der Waals surface area (Å²) in [5, 5.41) is 7.48. The Balaban J connectivity index is 1.75. The standard InChI is InChI=1S/C18H22F3N3O4/c1-17(2,3)28-16(27)24-13-8-12(13)23-14(25)9-22-15(26)10-5-4-6-11(7-10)18(19,20)21/h4-7,12-13H,8-9H2,1-3H3,(H,22,26)(H,23,25)(H,24,27)/t12-,13+/m0/s1. The van der Waals surface area contributed by atoms with Crippen molar-refractivity contribution in [3.63, 3.8) is 0 Å². The SMILES string of the molecule is CC(C)(C)OC(=O)N[C@@H]1C[C@@H]1NC(=O)CNC(=O)c1cccc(C(F)(F)F)c1. The van der Waals surface area contributed by atoms with Crippen molar-refractivity contribution in [2.75, 3.05) is 6.54 Å². The number of halogens is 3. The highest BCUT2D eigenvalue weighted by atomic mass is 19.4. The Hall–Kier alpha value is -2.78. The minimum absolute atomic E-state index is 0.196. The van der Waals surface area contributed by atoms with Crippen LogP contribution in [-0.4, -0.2) is 42.1 Å². The lowest BCUT2D eigenvalue weighted by Crippen LogP contribution is -2.41. The van der Waals surface area contributed by atoms with E-state index in [-0.39, 0.29) is 17.6 Å². The average Bonchev–Trinajstić information content (AvgIpc) is 3.27. The van der Waals surface area contributed by atoms with Crippen molar-refractivity contribution in [2.24, 2.45) is 0 Å². The topological polar surface area (TPSA) is 96.5 Å². The zero-order valence-electron chi connectivity index (χ0n) is 15.6. The van der Waals surface area contributed by atoms with Crippen LogP contribution in [-0.2, 0) is 15.7 Å². The van der Waals surface area contributed by atoms with E-state index in [0.29, 0.717) is 6.42 Å². The maximum absolute atomic E-state index is 12.7. The summed E-state index contributed by atoms with van der Waals surface area (Å²) in [6.45, 7) is 4.79. The molecule has 0 aromatic heterocycles. The van der Waals surface area contributed by atoms with Crippen LogP contribution in [0.1, 0.15) is 43.1 Å². The van der Waals surface area contributed by atoms with Crippen LogP contribution in [0, 0.1) is 0 Å². The van der Waals surface area contributed by atoms with E-state index in [2.05, 4.69) is 16.0 Å². The van der Waals surface area contributed by atoms with E-state index in [0.717, 1.165) is 18.2 Å². The van der Waals surface area contributed by atoms with Gasteiger partial charge >= 0.3 is 12.3 Å². The first-order valence-corrected chi connectivity index (χ1v) is 8.59. The van der Waals surface area contributed by atoms with Crippen LogP contribution < -0.4 is 16.0 Å². The molecule has 1 saturated carbocycles. The number of ether oxygens (including phenoxy) is 1. The summed E-state index contributed by atoms with van der Waals surface area (Å²) in [5.41, 5.74) is -1.78. The van der Waals surface area contributed by atoms with Crippen molar-refractivity contribution in [3.05, 3.63) is 35.4 Å². The van der Waals surface area contributed by atoms with E-state index < -0.39 is 41.8 Å². The summed E-state index contributed by atoms with van der Waals surface area (Å²) >= 11 is 0. The third-order valence-corrected chi connectivity index (χ3v) is 3.70. The molecule has 1 aliphatic carbocycles. The Morgan fingerprint density at radius 1 is 1.11 bits per heavy atom. The van der Waals surface area contributed by atoms with Crippen LogP contribution in [0.3, 0.4) is 0 Å². The fourth-order valence-corrected chi connectivity index (χ4v) is 2.33. The molecule has 3 amide bonds. The number of alkyl carbamates (subject to hydrolysis) is 1. The lowest BCUT2D eigenvalue weighted by Gasteiger charge is -2.19. The van der Waals surface area contributed by atoms with Crippen molar-refractivity contribution < 1.29 is 32.3 Å². The third kappa shape index (κ3) is 6.75. The van der Waals surface area contributed by atoms with Crippen LogP contribution in [0.2, 0.25) is 0 Å². The maximum Gasteiger partial charge on any atom is 0.416 e. The second-order valence-electron chi connectivity index (χ2n) is 7.42. The molecule has 0 bridgehead atoms. The lowest BCUT2D eigenvalue weighted by molar-refractivity contribution is -0.137. The maximum atomic E-state index is 12.7. The molecule has 0 radical (unpaired) electrons. The van der Waals surface area contributed by atoms with E-state index in [9.17, 15) is 27.6 Å². The Bertz CT molecular complexity index is 759. The molecule has 10 heteroatoms. The fourth-order valence-electron chi connectivity index (χ4n) is 2.33. The average molecular weight is 401 g/mol. The van der Waals surface area contributed by atoms with Crippen molar-refractivity contribution in [1.29, 1.82) is 0 Å². The molecule has 2 rings (SSSR count). The normalized spacial score (nSPS) is 18.8. The molecule has 0 heterocycles. The van der Waals surface area contributed by atoms with Crippen LogP contribution in [0.25, 0.3) is 0 Å². The first-order chi connectivity index (χ1) is 12.8. The second kappa shape index (κ2) is 8.07. The second-order valence-corrected chi connectivity index (χ2v) is 7.42. The molecule has 1 aromatic carbocycles. The van der Waals surface area contributed by atoms with Gasteiger partial charge in [-0.15, -0.1) is 0 Å². The molecule has 1 aromatic rings. The first-order valence-electron chi connectivity index (χ1n) is 8.59. The van der Waals surface area contributed by atoms with Crippen molar-refractivity contribution in [3.8, 4) is 0 Å². The summed E-state index contributed by atoms with van der Waals surface area (Å²) < 4.78 is 43.1. The zero-order valence-corrected chi connectivity index (χ0v) is 15.6. The van der Waals surface area contributed by atoms with E-state index >= 15 is 0 Å². The zero-order chi connectivity index (χ0) is 21.1. The fraction of sp³-hybridized carbons (Fsp3) is 0.500. The summed E-state index contributed by atoms with van der Waals surface area (Å²) in [7, 11) is 0. The molecule has 3 N–H and O–H groups in total. The predicted octanol–water partition coefficient (Wildman–Crippen LogP) is 2.22. The van der Waals surface area contributed by atoms with E-state index in [1.54, 1.807) is 20.8 Å². The van der Waals surface area contributed by atoms with E-state index in [1.807, 2.05) is 0 Å². The quantitative estimate of drug-likeness (QED) is 0.705. The number of hydrogen-bond acceptors (Lipinski definition) is 4. The number of carbonyl (C=O) groups excluding carboxylic acids is 3. The highest BCUT2D eigenvalue weighted by Gasteiger charge is 2.40. The van der Waals surface area contributed by atoms with Gasteiger partial charge in [-0.25, -0.2) is 4.79 Å².